The topological polar surface area (TPSA) is 29.7 Å². The van der Waals surface area contributed by atoms with Crippen molar-refractivity contribution < 1.29 is 4.57 Å². The van der Waals surface area contributed by atoms with Crippen LogP contribution in [0, 0.1) is 20.8 Å². The first kappa shape index (κ1) is 19.3. The van der Waals surface area contributed by atoms with Gasteiger partial charge in [-0.1, -0.05) is 37.6 Å². The Hall–Kier alpha value is -3.07. The molecule has 3 heteroatoms. The minimum absolute atomic E-state index is 0.328. The summed E-state index contributed by atoms with van der Waals surface area (Å²) in [5.74, 6) is 1.21. The summed E-state index contributed by atoms with van der Waals surface area (Å²) < 4.78 is 2.23. The molecule has 0 amide bonds. The molecule has 0 spiro atoms. The number of fused-ring (bicyclic) bond motifs is 1. The number of hydrogen-bond donors (Lipinski definition) is 0. The highest BCUT2D eigenvalue weighted by Crippen LogP contribution is 2.32. The van der Waals surface area contributed by atoms with Gasteiger partial charge < -0.3 is 0 Å². The van der Waals surface area contributed by atoms with Gasteiger partial charge in [-0.2, -0.15) is 0 Å². The van der Waals surface area contributed by atoms with E-state index in [0.29, 0.717) is 5.92 Å². The van der Waals surface area contributed by atoms with Crippen molar-refractivity contribution in [3.05, 3.63) is 77.5 Å². The average Bonchev–Trinajstić information content (AvgIpc) is 2.70. The van der Waals surface area contributed by atoms with Gasteiger partial charge in [0.25, 0.3) is 0 Å². The van der Waals surface area contributed by atoms with Gasteiger partial charge in [-0.3, -0.25) is 0 Å². The van der Waals surface area contributed by atoms with Gasteiger partial charge in [0, 0.05) is 46.3 Å². The minimum Gasteiger partial charge on any atom is -0.240 e. The third-order valence-electron chi connectivity index (χ3n) is 5.72. The zero-order valence-corrected chi connectivity index (χ0v) is 18.1. The molecule has 4 aromatic rings. The Kier molecular flexibility index (Phi) is 4.91. The van der Waals surface area contributed by atoms with Crippen LogP contribution in [0.4, 0.5) is 0 Å². The Morgan fingerprint density at radius 1 is 0.897 bits per heavy atom. The van der Waals surface area contributed by atoms with Gasteiger partial charge in [-0.25, -0.2) is 14.5 Å². The van der Waals surface area contributed by atoms with E-state index >= 15 is 0 Å². The number of nitrogens with zero attached hydrogens (tertiary/aromatic N) is 3. The first-order valence-corrected chi connectivity index (χ1v) is 10.2. The molecule has 0 fully saturated rings. The highest BCUT2D eigenvalue weighted by molar-refractivity contribution is 5.97. The summed E-state index contributed by atoms with van der Waals surface area (Å²) in [6.07, 6.45) is 6.12. The van der Waals surface area contributed by atoms with Crippen molar-refractivity contribution in [3.8, 4) is 22.4 Å². The fraction of sp³-hybridized carbons (Fsp3) is 0.269. The van der Waals surface area contributed by atoms with Crippen molar-refractivity contribution in [1.29, 1.82) is 0 Å². The lowest BCUT2D eigenvalue weighted by molar-refractivity contribution is -0.659. The maximum atomic E-state index is 4.58. The lowest BCUT2D eigenvalue weighted by Crippen LogP contribution is -2.30. The van der Waals surface area contributed by atoms with Crippen molar-refractivity contribution in [2.75, 3.05) is 0 Å². The Morgan fingerprint density at radius 2 is 1.62 bits per heavy atom. The van der Waals surface area contributed by atoms with Gasteiger partial charge in [0.2, 0.25) is 5.69 Å². The van der Waals surface area contributed by atoms with Crippen LogP contribution in [0.2, 0.25) is 0 Å². The number of pyridine rings is 1. The molecule has 0 unspecified atom stereocenters. The molecule has 29 heavy (non-hydrogen) atoms. The first-order chi connectivity index (χ1) is 13.8. The van der Waals surface area contributed by atoms with E-state index in [1.165, 1.54) is 44.3 Å². The van der Waals surface area contributed by atoms with Crippen LogP contribution in [-0.2, 0) is 7.05 Å². The van der Waals surface area contributed by atoms with E-state index in [1.54, 1.807) is 0 Å². The van der Waals surface area contributed by atoms with Crippen LogP contribution in [0.15, 0.2) is 55.0 Å². The summed E-state index contributed by atoms with van der Waals surface area (Å²) in [6, 6.07) is 13.3. The second-order valence-corrected chi connectivity index (χ2v) is 8.32. The van der Waals surface area contributed by atoms with E-state index in [1.807, 2.05) is 12.4 Å². The van der Waals surface area contributed by atoms with Gasteiger partial charge in [-0.15, -0.1) is 0 Å². The third-order valence-corrected chi connectivity index (χ3v) is 5.72. The van der Waals surface area contributed by atoms with E-state index < -0.39 is 0 Å². The van der Waals surface area contributed by atoms with E-state index in [2.05, 4.69) is 98.8 Å². The molecule has 0 saturated heterocycles. The molecule has 2 aromatic heterocycles. The number of aryl methyl sites for hydroxylation is 3. The maximum absolute atomic E-state index is 4.58. The van der Waals surface area contributed by atoms with Crippen LogP contribution in [0.3, 0.4) is 0 Å². The molecule has 4 rings (SSSR count). The Morgan fingerprint density at radius 3 is 2.31 bits per heavy atom. The van der Waals surface area contributed by atoms with Crippen LogP contribution in [0.5, 0.6) is 0 Å². The molecule has 3 nitrogen and oxygen atoms in total. The SMILES string of the molecule is Cc1cc(C)c(C)c(-c2cc3c(-c4cnc(C(C)C)nc4)cccc3c[n+]2C)c1. The second-order valence-electron chi connectivity index (χ2n) is 8.32. The molecule has 2 aromatic carbocycles. The fourth-order valence-electron chi connectivity index (χ4n) is 3.97. The van der Waals surface area contributed by atoms with Crippen LogP contribution < -0.4 is 4.57 Å². The molecule has 0 bridgehead atoms. The lowest BCUT2D eigenvalue weighted by atomic mass is 9.94. The van der Waals surface area contributed by atoms with Crippen molar-refractivity contribution >= 4 is 10.8 Å². The van der Waals surface area contributed by atoms with E-state index in [0.717, 1.165) is 11.4 Å². The van der Waals surface area contributed by atoms with Gasteiger partial charge in [-0.05, 0) is 49.6 Å². The molecule has 0 atom stereocenters. The molecule has 146 valence electrons. The highest BCUT2D eigenvalue weighted by atomic mass is 14.9. The molecule has 0 aliphatic carbocycles. The van der Waals surface area contributed by atoms with E-state index in [4.69, 9.17) is 0 Å². The Labute approximate surface area is 173 Å². The summed E-state index contributed by atoms with van der Waals surface area (Å²) in [5.41, 5.74) is 8.66. The predicted molar refractivity (Wildman–Crippen MR) is 120 cm³/mol. The number of benzene rings is 2. The summed E-state index contributed by atoms with van der Waals surface area (Å²) in [7, 11) is 2.12. The van der Waals surface area contributed by atoms with Crippen molar-refractivity contribution in [2.24, 2.45) is 7.05 Å². The number of aromatic nitrogens is 3. The monoisotopic (exact) mass is 382 g/mol. The molecule has 0 saturated carbocycles. The first-order valence-electron chi connectivity index (χ1n) is 10.2. The van der Waals surface area contributed by atoms with Gasteiger partial charge in [0.15, 0.2) is 6.20 Å². The van der Waals surface area contributed by atoms with Gasteiger partial charge in [0.1, 0.15) is 12.9 Å². The molecule has 0 aliphatic rings. The van der Waals surface area contributed by atoms with E-state index in [9.17, 15) is 0 Å². The molecular formula is C26H28N3+. The van der Waals surface area contributed by atoms with Crippen molar-refractivity contribution in [1.82, 2.24) is 9.97 Å². The molecular weight excluding hydrogens is 354 g/mol. The molecule has 2 heterocycles. The Bertz CT molecular complexity index is 1210. The van der Waals surface area contributed by atoms with Crippen molar-refractivity contribution in [3.63, 3.8) is 0 Å². The van der Waals surface area contributed by atoms with Crippen LogP contribution >= 0.6 is 0 Å². The van der Waals surface area contributed by atoms with Crippen LogP contribution in [0.1, 0.15) is 42.3 Å². The lowest BCUT2D eigenvalue weighted by Gasteiger charge is -2.12. The van der Waals surface area contributed by atoms with Crippen LogP contribution in [-0.4, -0.2) is 9.97 Å². The fourth-order valence-corrected chi connectivity index (χ4v) is 3.97. The Balaban J connectivity index is 1.94. The summed E-state index contributed by atoms with van der Waals surface area (Å²) in [5, 5.41) is 2.43. The second kappa shape index (κ2) is 7.40. The quantitative estimate of drug-likeness (QED) is 0.417. The summed E-state index contributed by atoms with van der Waals surface area (Å²) in [4.78, 5) is 9.16. The highest BCUT2D eigenvalue weighted by Gasteiger charge is 2.18. The average molecular weight is 383 g/mol. The maximum Gasteiger partial charge on any atom is 0.213 e. The summed E-state index contributed by atoms with van der Waals surface area (Å²) in [6.45, 7) is 10.8. The predicted octanol–water partition coefficient (Wildman–Crippen LogP) is 5.84. The third kappa shape index (κ3) is 3.53. The van der Waals surface area contributed by atoms with Gasteiger partial charge in [0.05, 0.1) is 0 Å². The largest absolute Gasteiger partial charge is 0.240 e. The van der Waals surface area contributed by atoms with Gasteiger partial charge >= 0.3 is 0 Å². The summed E-state index contributed by atoms with van der Waals surface area (Å²) >= 11 is 0. The van der Waals surface area contributed by atoms with Crippen molar-refractivity contribution in [2.45, 2.75) is 40.5 Å². The number of rotatable bonds is 3. The normalized spacial score (nSPS) is 11.4. The minimum atomic E-state index is 0.328. The molecule has 0 radical (unpaired) electrons. The molecule has 0 N–H and O–H groups in total. The standard InChI is InChI=1S/C26H28N3/c1-16(2)26-27-13-21(14-28-26)22-9-7-8-20-15-29(6)25(12-24(20)22)23-11-17(3)10-18(4)19(23)5/h7-16H,1-6H3/q+1. The zero-order valence-electron chi connectivity index (χ0n) is 18.1. The van der Waals surface area contributed by atoms with Crippen LogP contribution in [0.25, 0.3) is 33.2 Å². The molecule has 0 aliphatic heterocycles. The van der Waals surface area contributed by atoms with E-state index in [-0.39, 0.29) is 0 Å². The number of hydrogen-bond acceptors (Lipinski definition) is 2. The zero-order chi connectivity index (χ0) is 20.7. The smallest absolute Gasteiger partial charge is 0.213 e.